The minimum Gasteiger partial charge on any atom is -0.467 e. The van der Waals surface area contributed by atoms with E-state index in [-0.39, 0.29) is 11.9 Å². The average Bonchev–Trinajstić information content (AvgIpc) is 3.02. The third-order valence-electron chi connectivity index (χ3n) is 3.46. The maximum Gasteiger partial charge on any atom is 0.328 e. The predicted molar refractivity (Wildman–Crippen MR) is 68.7 cm³/mol. The normalized spacial score (nSPS) is 18.7. The number of methoxy groups -OCH3 is 1. The van der Waals surface area contributed by atoms with Gasteiger partial charge < -0.3 is 9.64 Å². The number of ether oxygens (including phenoxy) is 1. The van der Waals surface area contributed by atoms with Crippen LogP contribution >= 0.6 is 0 Å². The maximum absolute atomic E-state index is 12.5. The van der Waals surface area contributed by atoms with Crippen molar-refractivity contribution in [3.8, 4) is 0 Å². The molecule has 1 saturated heterocycles. The van der Waals surface area contributed by atoms with Crippen molar-refractivity contribution in [2.45, 2.75) is 32.2 Å². The van der Waals surface area contributed by atoms with E-state index in [1.165, 1.54) is 7.11 Å². The van der Waals surface area contributed by atoms with Gasteiger partial charge in [-0.15, -0.1) is 0 Å². The highest BCUT2D eigenvalue weighted by Gasteiger charge is 2.36. The third kappa shape index (κ3) is 2.47. The monoisotopic (exact) mass is 265 g/mol. The van der Waals surface area contributed by atoms with Gasteiger partial charge in [-0.05, 0) is 19.3 Å². The second kappa shape index (κ2) is 5.42. The minimum absolute atomic E-state index is 0.127. The molecule has 0 radical (unpaired) electrons. The van der Waals surface area contributed by atoms with Gasteiger partial charge in [0.2, 0.25) is 0 Å². The quantitative estimate of drug-likeness (QED) is 0.757. The minimum atomic E-state index is -0.456. The van der Waals surface area contributed by atoms with Gasteiger partial charge in [-0.1, -0.05) is 6.92 Å². The summed E-state index contributed by atoms with van der Waals surface area (Å²) in [6, 6.07) is -0.456. The summed E-state index contributed by atoms with van der Waals surface area (Å²) in [4.78, 5) is 25.8. The van der Waals surface area contributed by atoms with E-state index in [4.69, 9.17) is 4.74 Å². The Balaban J connectivity index is 2.25. The number of likely N-dealkylation sites (tertiary alicyclic amines) is 1. The fraction of sp³-hybridized carbons (Fsp3) is 0.615. The number of aromatic nitrogens is 2. The van der Waals surface area contributed by atoms with E-state index in [1.807, 2.05) is 6.92 Å². The van der Waals surface area contributed by atoms with Gasteiger partial charge in [0.25, 0.3) is 5.91 Å². The van der Waals surface area contributed by atoms with E-state index in [1.54, 1.807) is 22.8 Å². The van der Waals surface area contributed by atoms with Gasteiger partial charge in [0.1, 0.15) is 6.04 Å². The lowest BCUT2D eigenvalue weighted by molar-refractivity contribution is -0.145. The molecule has 1 aromatic rings. The van der Waals surface area contributed by atoms with Crippen LogP contribution in [0.2, 0.25) is 0 Å². The molecular weight excluding hydrogens is 246 g/mol. The summed E-state index contributed by atoms with van der Waals surface area (Å²) in [5.41, 5.74) is 1.35. The summed E-state index contributed by atoms with van der Waals surface area (Å²) in [5.74, 6) is -0.467. The van der Waals surface area contributed by atoms with Crippen molar-refractivity contribution >= 4 is 11.9 Å². The number of amides is 1. The molecule has 0 aliphatic carbocycles. The fourth-order valence-corrected chi connectivity index (χ4v) is 2.52. The number of carbonyl (C=O) groups is 2. The van der Waals surface area contributed by atoms with Crippen LogP contribution in [0.5, 0.6) is 0 Å². The summed E-state index contributed by atoms with van der Waals surface area (Å²) >= 11 is 0. The fourth-order valence-electron chi connectivity index (χ4n) is 2.52. The second-order valence-corrected chi connectivity index (χ2v) is 4.70. The van der Waals surface area contributed by atoms with Crippen LogP contribution in [-0.4, -0.2) is 46.3 Å². The molecule has 0 N–H and O–H groups in total. The van der Waals surface area contributed by atoms with Gasteiger partial charge >= 0.3 is 5.97 Å². The number of carbonyl (C=O) groups excluding carboxylic acids is 2. The highest BCUT2D eigenvalue weighted by Crippen LogP contribution is 2.22. The predicted octanol–water partition coefficient (Wildman–Crippen LogP) is 0.760. The molecule has 0 saturated carbocycles. The van der Waals surface area contributed by atoms with Crippen LogP contribution < -0.4 is 0 Å². The van der Waals surface area contributed by atoms with Crippen molar-refractivity contribution in [3.63, 3.8) is 0 Å². The smallest absolute Gasteiger partial charge is 0.328 e. The van der Waals surface area contributed by atoms with Crippen LogP contribution in [0.1, 0.15) is 35.8 Å². The standard InChI is InChI=1S/C13H19N3O3/c1-4-10-9(8-15(2)14-10)12(17)16-7-5-6-11(16)13(18)19-3/h8,11H,4-7H2,1-3H3. The Kier molecular flexibility index (Phi) is 3.87. The van der Waals surface area contributed by atoms with Crippen molar-refractivity contribution in [1.82, 2.24) is 14.7 Å². The number of nitrogens with zero attached hydrogens (tertiary/aromatic N) is 3. The lowest BCUT2D eigenvalue weighted by Gasteiger charge is -2.22. The Labute approximate surface area is 112 Å². The number of hydrogen-bond donors (Lipinski definition) is 0. The van der Waals surface area contributed by atoms with Gasteiger partial charge in [0.15, 0.2) is 0 Å². The van der Waals surface area contributed by atoms with Crippen molar-refractivity contribution < 1.29 is 14.3 Å². The van der Waals surface area contributed by atoms with E-state index in [0.717, 1.165) is 12.1 Å². The topological polar surface area (TPSA) is 64.4 Å². The number of esters is 1. The first-order chi connectivity index (χ1) is 9.08. The molecule has 2 rings (SSSR count). The summed E-state index contributed by atoms with van der Waals surface area (Å²) in [7, 11) is 3.14. The molecule has 19 heavy (non-hydrogen) atoms. The first kappa shape index (κ1) is 13.6. The van der Waals surface area contributed by atoms with Crippen LogP contribution in [0.4, 0.5) is 0 Å². The molecule has 1 fully saturated rings. The number of aryl methyl sites for hydroxylation is 2. The average molecular weight is 265 g/mol. The lowest BCUT2D eigenvalue weighted by Crippen LogP contribution is -2.41. The van der Waals surface area contributed by atoms with Gasteiger partial charge in [-0.2, -0.15) is 5.10 Å². The second-order valence-electron chi connectivity index (χ2n) is 4.70. The van der Waals surface area contributed by atoms with Crippen LogP contribution in [0, 0.1) is 0 Å². The number of hydrogen-bond acceptors (Lipinski definition) is 4. The third-order valence-corrected chi connectivity index (χ3v) is 3.46. The summed E-state index contributed by atoms with van der Waals surface area (Å²) in [6.45, 7) is 2.55. The molecule has 1 amide bonds. The summed E-state index contributed by atoms with van der Waals surface area (Å²) < 4.78 is 6.39. The molecule has 1 atom stereocenters. The van der Waals surface area contributed by atoms with Crippen LogP contribution in [0.25, 0.3) is 0 Å². The molecule has 0 spiro atoms. The summed E-state index contributed by atoms with van der Waals surface area (Å²) in [6.07, 6.45) is 3.90. The van der Waals surface area contributed by atoms with Gasteiger partial charge in [0, 0.05) is 19.8 Å². The highest BCUT2D eigenvalue weighted by molar-refractivity contribution is 5.97. The van der Waals surface area contributed by atoms with Crippen LogP contribution in [0.15, 0.2) is 6.20 Å². The number of rotatable bonds is 3. The first-order valence-electron chi connectivity index (χ1n) is 6.49. The van der Waals surface area contributed by atoms with E-state index in [9.17, 15) is 9.59 Å². The van der Waals surface area contributed by atoms with E-state index in [0.29, 0.717) is 24.9 Å². The molecule has 0 aromatic carbocycles. The van der Waals surface area contributed by atoms with Crippen LogP contribution in [-0.2, 0) is 23.0 Å². The molecule has 1 unspecified atom stereocenters. The SMILES string of the molecule is CCc1nn(C)cc1C(=O)N1CCCC1C(=O)OC. The molecule has 0 bridgehead atoms. The van der Waals surface area contributed by atoms with Crippen molar-refractivity contribution in [1.29, 1.82) is 0 Å². The Morgan fingerprint density at radius 3 is 2.89 bits per heavy atom. The Hall–Kier alpha value is -1.85. The zero-order valence-corrected chi connectivity index (χ0v) is 11.5. The highest BCUT2D eigenvalue weighted by atomic mass is 16.5. The van der Waals surface area contributed by atoms with E-state index in [2.05, 4.69) is 5.10 Å². The van der Waals surface area contributed by atoms with Crippen molar-refractivity contribution in [3.05, 3.63) is 17.5 Å². The van der Waals surface area contributed by atoms with E-state index < -0.39 is 6.04 Å². The van der Waals surface area contributed by atoms with Gasteiger partial charge in [0.05, 0.1) is 18.4 Å². The van der Waals surface area contributed by atoms with E-state index >= 15 is 0 Å². The molecule has 6 nitrogen and oxygen atoms in total. The Morgan fingerprint density at radius 2 is 2.26 bits per heavy atom. The molecule has 1 aliphatic rings. The molecule has 2 heterocycles. The van der Waals surface area contributed by atoms with Crippen molar-refractivity contribution in [2.75, 3.05) is 13.7 Å². The maximum atomic E-state index is 12.5. The molecule has 104 valence electrons. The molecule has 1 aromatic heterocycles. The van der Waals surface area contributed by atoms with Crippen molar-refractivity contribution in [2.24, 2.45) is 7.05 Å². The van der Waals surface area contributed by atoms with Gasteiger partial charge in [-0.3, -0.25) is 9.48 Å². The van der Waals surface area contributed by atoms with Gasteiger partial charge in [-0.25, -0.2) is 4.79 Å². The Morgan fingerprint density at radius 1 is 1.53 bits per heavy atom. The zero-order valence-electron chi connectivity index (χ0n) is 11.5. The summed E-state index contributed by atoms with van der Waals surface area (Å²) in [5, 5.41) is 4.26. The lowest BCUT2D eigenvalue weighted by atomic mass is 10.1. The Bertz CT molecular complexity index is 495. The molecule has 1 aliphatic heterocycles. The molecular formula is C13H19N3O3. The first-order valence-corrected chi connectivity index (χ1v) is 6.49. The molecule has 6 heteroatoms. The van der Waals surface area contributed by atoms with Crippen LogP contribution in [0.3, 0.4) is 0 Å². The largest absolute Gasteiger partial charge is 0.467 e. The zero-order chi connectivity index (χ0) is 14.0.